The first kappa shape index (κ1) is 17.2. The van der Waals surface area contributed by atoms with Crippen LogP contribution in [0.5, 0.6) is 0 Å². The molecule has 5 heteroatoms. The third-order valence-electron chi connectivity index (χ3n) is 3.81. The van der Waals surface area contributed by atoms with E-state index in [1.165, 1.54) is 10.9 Å². The first-order valence-electron chi connectivity index (χ1n) is 6.64. The maximum atomic E-state index is 4.44. The lowest BCUT2D eigenvalue weighted by molar-refractivity contribution is 0.185. The molecule has 20 heavy (non-hydrogen) atoms. The number of fused-ring (bicyclic) bond motifs is 1. The predicted octanol–water partition coefficient (Wildman–Crippen LogP) is 3.04. The van der Waals surface area contributed by atoms with Crippen LogP contribution in [0.2, 0.25) is 0 Å². The van der Waals surface area contributed by atoms with Crippen molar-refractivity contribution in [3.63, 3.8) is 0 Å². The van der Waals surface area contributed by atoms with E-state index < -0.39 is 0 Å². The highest BCUT2D eigenvalue weighted by molar-refractivity contribution is 5.85. The second-order valence-electron chi connectivity index (χ2n) is 4.92. The van der Waals surface area contributed by atoms with Gasteiger partial charge in [-0.2, -0.15) is 0 Å². The van der Waals surface area contributed by atoms with Crippen molar-refractivity contribution in [2.75, 3.05) is 26.2 Å². The number of nitrogens with zero attached hydrogens (tertiary/aromatic N) is 2. The summed E-state index contributed by atoms with van der Waals surface area (Å²) in [6, 6.07) is 11.2. The minimum Gasteiger partial charge on any atom is -0.314 e. The Morgan fingerprint density at radius 2 is 1.90 bits per heavy atom. The molecule has 0 spiro atoms. The van der Waals surface area contributed by atoms with Crippen LogP contribution in [0.3, 0.4) is 0 Å². The summed E-state index contributed by atoms with van der Waals surface area (Å²) in [5, 5.41) is 4.61. The summed E-state index contributed by atoms with van der Waals surface area (Å²) in [7, 11) is 0. The Labute approximate surface area is 132 Å². The van der Waals surface area contributed by atoms with Gasteiger partial charge in [-0.3, -0.25) is 9.88 Å². The third kappa shape index (κ3) is 3.61. The van der Waals surface area contributed by atoms with Gasteiger partial charge in [-0.05, 0) is 24.6 Å². The summed E-state index contributed by atoms with van der Waals surface area (Å²) in [6.45, 7) is 6.73. The molecule has 1 aliphatic rings. The molecule has 0 saturated carbocycles. The number of benzene rings is 1. The van der Waals surface area contributed by atoms with Crippen LogP contribution in [0.4, 0.5) is 0 Å². The molecule has 0 bridgehead atoms. The molecule has 3 rings (SSSR count). The minimum atomic E-state index is 0. The van der Waals surface area contributed by atoms with E-state index in [1.54, 1.807) is 0 Å². The van der Waals surface area contributed by atoms with Gasteiger partial charge in [-0.25, -0.2) is 0 Å². The van der Waals surface area contributed by atoms with Gasteiger partial charge >= 0.3 is 0 Å². The average Bonchev–Trinajstić information content (AvgIpc) is 2.47. The smallest absolute Gasteiger partial charge is 0.0705 e. The van der Waals surface area contributed by atoms with Gasteiger partial charge in [0.1, 0.15) is 0 Å². The van der Waals surface area contributed by atoms with E-state index in [9.17, 15) is 0 Å². The summed E-state index contributed by atoms with van der Waals surface area (Å²) < 4.78 is 0. The van der Waals surface area contributed by atoms with Crippen molar-refractivity contribution in [1.29, 1.82) is 0 Å². The first-order chi connectivity index (χ1) is 8.84. The summed E-state index contributed by atoms with van der Waals surface area (Å²) in [5.74, 6) is 0. The molecule has 110 valence electrons. The van der Waals surface area contributed by atoms with Crippen LogP contribution >= 0.6 is 24.8 Å². The summed E-state index contributed by atoms with van der Waals surface area (Å²) in [4.78, 5) is 6.97. The Bertz CT molecular complexity index is 541. The molecule has 0 radical (unpaired) electrons. The molecule has 3 nitrogen and oxygen atoms in total. The van der Waals surface area contributed by atoms with Crippen molar-refractivity contribution in [1.82, 2.24) is 15.2 Å². The zero-order valence-electron chi connectivity index (χ0n) is 11.6. The van der Waals surface area contributed by atoms with Gasteiger partial charge in [0.15, 0.2) is 0 Å². The summed E-state index contributed by atoms with van der Waals surface area (Å²) in [6.07, 6.45) is 1.86. The zero-order chi connectivity index (χ0) is 12.4. The van der Waals surface area contributed by atoms with E-state index in [0.29, 0.717) is 6.04 Å². The van der Waals surface area contributed by atoms with Crippen LogP contribution < -0.4 is 5.32 Å². The summed E-state index contributed by atoms with van der Waals surface area (Å²) in [5.41, 5.74) is 2.46. The third-order valence-corrected chi connectivity index (χ3v) is 3.81. The van der Waals surface area contributed by atoms with Crippen LogP contribution in [-0.4, -0.2) is 36.1 Å². The van der Waals surface area contributed by atoms with Gasteiger partial charge in [-0.15, -0.1) is 24.8 Å². The maximum absolute atomic E-state index is 4.44. The second kappa shape index (κ2) is 7.79. The molecule has 1 aromatic carbocycles. The molecule has 2 heterocycles. The molecule has 1 fully saturated rings. The average molecular weight is 314 g/mol. The van der Waals surface area contributed by atoms with Crippen LogP contribution in [-0.2, 0) is 0 Å². The highest BCUT2D eigenvalue weighted by Crippen LogP contribution is 2.23. The first-order valence-corrected chi connectivity index (χ1v) is 6.64. The van der Waals surface area contributed by atoms with E-state index in [2.05, 4.69) is 46.4 Å². The number of nitrogens with one attached hydrogen (secondary N) is 1. The Kier molecular flexibility index (Phi) is 6.69. The lowest BCUT2D eigenvalue weighted by Gasteiger charge is -2.33. The second-order valence-corrected chi connectivity index (χ2v) is 4.92. The summed E-state index contributed by atoms with van der Waals surface area (Å²) >= 11 is 0. The highest BCUT2D eigenvalue weighted by atomic mass is 35.5. The van der Waals surface area contributed by atoms with Crippen molar-refractivity contribution in [3.05, 3.63) is 42.1 Å². The molecular formula is C15H21Cl2N3. The Morgan fingerprint density at radius 1 is 1.15 bits per heavy atom. The molecule has 1 aliphatic heterocycles. The molecule has 2 aromatic rings. The van der Waals surface area contributed by atoms with E-state index in [-0.39, 0.29) is 24.8 Å². The molecular weight excluding hydrogens is 293 g/mol. The lowest BCUT2D eigenvalue weighted by atomic mass is 10.0. The SMILES string of the molecule is CC(c1ccc2cccnc2c1)N1CCNCC1.Cl.Cl. The molecule has 1 aromatic heterocycles. The fraction of sp³-hybridized carbons (Fsp3) is 0.400. The fourth-order valence-electron chi connectivity index (χ4n) is 2.62. The zero-order valence-corrected chi connectivity index (χ0v) is 13.2. The van der Waals surface area contributed by atoms with E-state index in [0.717, 1.165) is 31.7 Å². The van der Waals surface area contributed by atoms with E-state index in [4.69, 9.17) is 0 Å². The van der Waals surface area contributed by atoms with E-state index in [1.807, 2.05) is 12.3 Å². The quantitative estimate of drug-likeness (QED) is 0.923. The van der Waals surface area contributed by atoms with Crippen molar-refractivity contribution in [3.8, 4) is 0 Å². The number of aromatic nitrogens is 1. The highest BCUT2D eigenvalue weighted by Gasteiger charge is 2.17. The number of piperazine rings is 1. The molecule has 1 N–H and O–H groups in total. The Balaban J connectivity index is 0.000001000. The Hall–Kier alpha value is -0.870. The van der Waals surface area contributed by atoms with Crippen molar-refractivity contribution >= 4 is 35.7 Å². The van der Waals surface area contributed by atoms with Crippen molar-refractivity contribution in [2.24, 2.45) is 0 Å². The predicted molar refractivity (Wildman–Crippen MR) is 89.1 cm³/mol. The maximum Gasteiger partial charge on any atom is 0.0705 e. The van der Waals surface area contributed by atoms with Gasteiger partial charge in [-0.1, -0.05) is 18.2 Å². The number of rotatable bonds is 2. The number of halogens is 2. The lowest BCUT2D eigenvalue weighted by Crippen LogP contribution is -2.44. The van der Waals surface area contributed by atoms with Gasteiger partial charge in [0, 0.05) is 43.8 Å². The Morgan fingerprint density at radius 3 is 2.65 bits per heavy atom. The number of pyridine rings is 1. The molecule has 0 amide bonds. The van der Waals surface area contributed by atoms with Crippen LogP contribution in [0.1, 0.15) is 18.5 Å². The van der Waals surface area contributed by atoms with Crippen LogP contribution in [0, 0.1) is 0 Å². The van der Waals surface area contributed by atoms with Crippen molar-refractivity contribution < 1.29 is 0 Å². The van der Waals surface area contributed by atoms with Gasteiger partial charge in [0.05, 0.1) is 5.52 Å². The van der Waals surface area contributed by atoms with Gasteiger partial charge < -0.3 is 5.32 Å². The van der Waals surface area contributed by atoms with Gasteiger partial charge in [0.2, 0.25) is 0 Å². The molecule has 0 aliphatic carbocycles. The van der Waals surface area contributed by atoms with Crippen LogP contribution in [0.15, 0.2) is 36.5 Å². The normalized spacial score (nSPS) is 17.1. The fourth-order valence-corrected chi connectivity index (χ4v) is 2.62. The standard InChI is InChI=1S/C15H19N3.2ClH/c1-12(18-9-7-16-8-10-18)14-5-4-13-3-2-6-17-15(13)11-14;;/h2-6,11-12,16H,7-10H2,1H3;2*1H. The van der Waals surface area contributed by atoms with Crippen LogP contribution in [0.25, 0.3) is 10.9 Å². The largest absolute Gasteiger partial charge is 0.314 e. The molecule has 1 saturated heterocycles. The minimum absolute atomic E-state index is 0. The number of hydrogen-bond acceptors (Lipinski definition) is 3. The van der Waals surface area contributed by atoms with Gasteiger partial charge in [0.25, 0.3) is 0 Å². The topological polar surface area (TPSA) is 28.2 Å². The van der Waals surface area contributed by atoms with E-state index >= 15 is 0 Å². The molecule has 1 atom stereocenters. The number of hydrogen-bond donors (Lipinski definition) is 1. The molecule has 1 unspecified atom stereocenters. The monoisotopic (exact) mass is 313 g/mol. The van der Waals surface area contributed by atoms with Crippen molar-refractivity contribution in [2.45, 2.75) is 13.0 Å².